The van der Waals surface area contributed by atoms with Crippen molar-refractivity contribution in [3.05, 3.63) is 47.4 Å². The molecule has 0 saturated carbocycles. The number of aromatic nitrogens is 2. The van der Waals surface area contributed by atoms with Gasteiger partial charge >= 0.3 is 0 Å². The van der Waals surface area contributed by atoms with Crippen LogP contribution in [-0.4, -0.2) is 9.97 Å². The number of hydrogen-bond donors (Lipinski definition) is 1. The van der Waals surface area contributed by atoms with E-state index in [4.69, 9.17) is 5.26 Å². The van der Waals surface area contributed by atoms with E-state index in [9.17, 15) is 0 Å². The monoisotopic (exact) mass is 224 g/mol. The van der Waals surface area contributed by atoms with Gasteiger partial charge in [0.2, 0.25) is 0 Å². The molecule has 0 spiro atoms. The molecule has 0 aromatic carbocycles. The molecule has 0 radical (unpaired) electrons. The maximum Gasteiger partial charge on any atom is 0.148 e. The van der Waals surface area contributed by atoms with Crippen LogP contribution < -0.4 is 5.32 Å². The molecule has 4 heteroatoms. The highest BCUT2D eigenvalue weighted by Crippen LogP contribution is 2.20. The van der Waals surface area contributed by atoms with E-state index in [1.807, 2.05) is 26.0 Å². The number of nitrogens with one attached hydrogen (secondary N) is 1. The molecule has 2 aromatic heterocycles. The number of nitriles is 1. The van der Waals surface area contributed by atoms with Gasteiger partial charge in [-0.3, -0.25) is 4.98 Å². The van der Waals surface area contributed by atoms with E-state index in [-0.39, 0.29) is 0 Å². The standard InChI is InChI=1S/C13H12N4/c1-9-5-6-12(10(2)16-9)17-13-11(8-14)4-3-7-15-13/h3-7H,1-2H3,(H,15,17). The number of pyridine rings is 2. The van der Waals surface area contributed by atoms with Crippen LogP contribution >= 0.6 is 0 Å². The molecule has 0 aliphatic carbocycles. The van der Waals surface area contributed by atoms with Crippen LogP contribution in [-0.2, 0) is 0 Å². The lowest BCUT2D eigenvalue weighted by atomic mass is 10.2. The molecule has 0 saturated heterocycles. The summed E-state index contributed by atoms with van der Waals surface area (Å²) >= 11 is 0. The number of hydrogen-bond acceptors (Lipinski definition) is 4. The van der Waals surface area contributed by atoms with Crippen molar-refractivity contribution >= 4 is 11.5 Å². The van der Waals surface area contributed by atoms with Crippen LogP contribution in [0.4, 0.5) is 11.5 Å². The summed E-state index contributed by atoms with van der Waals surface area (Å²) in [5.74, 6) is 0.559. The average Bonchev–Trinajstić information content (AvgIpc) is 2.33. The molecule has 84 valence electrons. The fourth-order valence-corrected chi connectivity index (χ4v) is 1.54. The van der Waals surface area contributed by atoms with Crippen molar-refractivity contribution in [3.8, 4) is 6.07 Å². The fourth-order valence-electron chi connectivity index (χ4n) is 1.54. The predicted molar refractivity (Wildman–Crippen MR) is 65.9 cm³/mol. The van der Waals surface area contributed by atoms with Gasteiger partial charge in [-0.15, -0.1) is 0 Å². The Morgan fingerprint density at radius 2 is 2.06 bits per heavy atom. The van der Waals surface area contributed by atoms with Crippen molar-refractivity contribution < 1.29 is 0 Å². The summed E-state index contributed by atoms with van der Waals surface area (Å²) in [6, 6.07) is 9.43. The molecule has 17 heavy (non-hydrogen) atoms. The molecule has 0 aliphatic heterocycles. The highest BCUT2D eigenvalue weighted by molar-refractivity contribution is 5.63. The van der Waals surface area contributed by atoms with E-state index >= 15 is 0 Å². The molecule has 0 aliphatic rings. The SMILES string of the molecule is Cc1ccc(Nc2ncccc2C#N)c(C)n1. The smallest absolute Gasteiger partial charge is 0.148 e. The predicted octanol–water partition coefficient (Wildman–Crippen LogP) is 2.71. The Hall–Kier alpha value is -2.41. The Kier molecular flexibility index (Phi) is 3.01. The summed E-state index contributed by atoms with van der Waals surface area (Å²) in [6.07, 6.45) is 1.65. The van der Waals surface area contributed by atoms with Crippen molar-refractivity contribution in [1.29, 1.82) is 5.26 Å². The topological polar surface area (TPSA) is 61.6 Å². The summed E-state index contributed by atoms with van der Waals surface area (Å²) < 4.78 is 0. The lowest BCUT2D eigenvalue weighted by Gasteiger charge is -2.09. The van der Waals surface area contributed by atoms with Gasteiger partial charge in [-0.2, -0.15) is 5.26 Å². The van der Waals surface area contributed by atoms with E-state index < -0.39 is 0 Å². The summed E-state index contributed by atoms with van der Waals surface area (Å²) in [4.78, 5) is 8.50. The Morgan fingerprint density at radius 1 is 1.24 bits per heavy atom. The van der Waals surface area contributed by atoms with Gasteiger partial charge in [-0.25, -0.2) is 4.98 Å². The van der Waals surface area contributed by atoms with Crippen LogP contribution in [0.3, 0.4) is 0 Å². The van der Waals surface area contributed by atoms with Crippen molar-refractivity contribution in [3.63, 3.8) is 0 Å². The number of rotatable bonds is 2. The second-order valence-corrected chi connectivity index (χ2v) is 3.72. The Labute approximate surface area is 100.0 Å². The Bertz CT molecular complexity index is 584. The van der Waals surface area contributed by atoms with Crippen molar-refractivity contribution in [2.24, 2.45) is 0 Å². The van der Waals surface area contributed by atoms with E-state index in [1.165, 1.54) is 0 Å². The largest absolute Gasteiger partial charge is 0.338 e. The van der Waals surface area contributed by atoms with Gasteiger partial charge in [0.1, 0.15) is 11.9 Å². The second kappa shape index (κ2) is 4.62. The molecule has 2 rings (SSSR count). The van der Waals surface area contributed by atoms with E-state index in [0.29, 0.717) is 11.4 Å². The minimum Gasteiger partial charge on any atom is -0.338 e. The Balaban J connectivity index is 2.35. The van der Waals surface area contributed by atoms with Gasteiger partial charge in [0.05, 0.1) is 16.9 Å². The minimum atomic E-state index is 0.521. The second-order valence-electron chi connectivity index (χ2n) is 3.72. The average molecular weight is 224 g/mol. The first-order valence-electron chi connectivity index (χ1n) is 5.27. The number of aryl methyl sites for hydroxylation is 2. The van der Waals surface area contributed by atoms with Crippen LogP contribution in [0.2, 0.25) is 0 Å². The van der Waals surface area contributed by atoms with Crippen molar-refractivity contribution in [2.45, 2.75) is 13.8 Å². The molecule has 1 N–H and O–H groups in total. The highest BCUT2D eigenvalue weighted by atomic mass is 15.0. The highest BCUT2D eigenvalue weighted by Gasteiger charge is 2.05. The molecule has 4 nitrogen and oxygen atoms in total. The minimum absolute atomic E-state index is 0.521. The molecule has 0 atom stereocenters. The molecule has 0 amide bonds. The lowest BCUT2D eigenvalue weighted by molar-refractivity contribution is 1.12. The lowest BCUT2D eigenvalue weighted by Crippen LogP contribution is -2.00. The summed E-state index contributed by atoms with van der Waals surface area (Å²) in [7, 11) is 0. The zero-order chi connectivity index (χ0) is 12.3. The fraction of sp³-hybridized carbons (Fsp3) is 0.154. The van der Waals surface area contributed by atoms with Gasteiger partial charge in [0, 0.05) is 11.9 Å². The van der Waals surface area contributed by atoms with Gasteiger partial charge in [-0.05, 0) is 38.1 Å². The van der Waals surface area contributed by atoms with Crippen LogP contribution in [0.5, 0.6) is 0 Å². The molecule has 0 unspecified atom stereocenters. The van der Waals surface area contributed by atoms with Crippen LogP contribution in [0, 0.1) is 25.2 Å². The van der Waals surface area contributed by atoms with Gasteiger partial charge in [-0.1, -0.05) is 0 Å². The van der Waals surface area contributed by atoms with Crippen molar-refractivity contribution in [1.82, 2.24) is 9.97 Å². The number of nitrogens with zero attached hydrogens (tertiary/aromatic N) is 3. The molecule has 0 fully saturated rings. The maximum atomic E-state index is 8.96. The van der Waals surface area contributed by atoms with Crippen molar-refractivity contribution in [2.75, 3.05) is 5.32 Å². The van der Waals surface area contributed by atoms with Gasteiger partial charge in [0.15, 0.2) is 0 Å². The summed E-state index contributed by atoms with van der Waals surface area (Å²) in [6.45, 7) is 3.86. The normalized spacial score (nSPS) is 9.71. The quantitative estimate of drug-likeness (QED) is 0.851. The first kappa shape index (κ1) is 11.1. The molecular weight excluding hydrogens is 212 g/mol. The van der Waals surface area contributed by atoms with E-state index in [0.717, 1.165) is 17.1 Å². The summed E-state index contributed by atoms with van der Waals surface area (Å²) in [5, 5.41) is 12.1. The van der Waals surface area contributed by atoms with Crippen LogP contribution in [0.15, 0.2) is 30.5 Å². The van der Waals surface area contributed by atoms with E-state index in [2.05, 4.69) is 21.4 Å². The summed E-state index contributed by atoms with van der Waals surface area (Å²) in [5.41, 5.74) is 3.24. The molecular formula is C13H12N4. The maximum absolute atomic E-state index is 8.96. The zero-order valence-electron chi connectivity index (χ0n) is 9.73. The van der Waals surface area contributed by atoms with E-state index in [1.54, 1.807) is 18.3 Å². The number of anilines is 2. The zero-order valence-corrected chi connectivity index (χ0v) is 9.73. The molecule has 2 heterocycles. The first-order valence-corrected chi connectivity index (χ1v) is 5.27. The molecule has 2 aromatic rings. The van der Waals surface area contributed by atoms with Crippen LogP contribution in [0.25, 0.3) is 0 Å². The molecule has 0 bridgehead atoms. The van der Waals surface area contributed by atoms with Gasteiger partial charge in [0.25, 0.3) is 0 Å². The first-order chi connectivity index (χ1) is 8.20. The van der Waals surface area contributed by atoms with Gasteiger partial charge < -0.3 is 5.32 Å². The van der Waals surface area contributed by atoms with Crippen LogP contribution in [0.1, 0.15) is 17.0 Å². The third-order valence-electron chi connectivity index (χ3n) is 2.41. The Morgan fingerprint density at radius 3 is 2.76 bits per heavy atom. The third-order valence-corrected chi connectivity index (χ3v) is 2.41. The third kappa shape index (κ3) is 2.40.